The molecule has 0 saturated carbocycles. The highest BCUT2D eigenvalue weighted by Gasteiger charge is 2.34. The molecule has 1 aliphatic carbocycles. The molecular weight excluding hydrogens is 347 g/mol. The summed E-state index contributed by atoms with van der Waals surface area (Å²) in [7, 11) is -2.95. The summed E-state index contributed by atoms with van der Waals surface area (Å²) in [6.07, 6.45) is 0.839. The van der Waals surface area contributed by atoms with E-state index in [0.29, 0.717) is 0 Å². The molecule has 4 aromatic rings. The van der Waals surface area contributed by atoms with Crippen molar-refractivity contribution in [1.82, 2.24) is 0 Å². The molecule has 0 N–H and O–H groups in total. The lowest BCUT2D eigenvalue weighted by atomic mass is 10.1. The Balaban J connectivity index is 1.80. The van der Waals surface area contributed by atoms with Gasteiger partial charge in [-0.1, -0.05) is 103 Å². The van der Waals surface area contributed by atoms with Crippen LogP contribution in [0.5, 0.6) is 0 Å². The van der Waals surface area contributed by atoms with Crippen LogP contribution >= 0.6 is 7.14 Å². The van der Waals surface area contributed by atoms with Crippen LogP contribution in [-0.4, -0.2) is 0 Å². The molecule has 0 spiro atoms. The molecule has 5 rings (SSSR count). The number of benzene rings is 4. The Kier molecular flexibility index (Phi) is 3.85. The van der Waals surface area contributed by atoms with E-state index in [0.717, 1.165) is 22.3 Å². The molecule has 0 heterocycles. The van der Waals surface area contributed by atoms with E-state index in [-0.39, 0.29) is 0 Å². The zero-order valence-corrected chi connectivity index (χ0v) is 15.8. The van der Waals surface area contributed by atoms with Crippen molar-refractivity contribution in [2.24, 2.45) is 0 Å². The van der Waals surface area contributed by atoms with E-state index in [1.54, 1.807) is 0 Å². The third-order valence-corrected chi connectivity index (χ3v) is 8.55. The van der Waals surface area contributed by atoms with Gasteiger partial charge in [-0.2, -0.15) is 0 Å². The average Bonchev–Trinajstić information content (AvgIpc) is 3.13. The SMILES string of the molecule is O=P(c1ccccc1)(c1ccccc1)c1cccc2c1Cc1ccccc1-2. The first-order valence-electron chi connectivity index (χ1n) is 9.20. The molecule has 0 radical (unpaired) electrons. The lowest BCUT2D eigenvalue weighted by Crippen LogP contribution is -2.27. The van der Waals surface area contributed by atoms with Crippen LogP contribution in [0.1, 0.15) is 11.1 Å². The summed E-state index contributed by atoms with van der Waals surface area (Å²) in [5.41, 5.74) is 5.00. The van der Waals surface area contributed by atoms with Gasteiger partial charge in [0.25, 0.3) is 0 Å². The van der Waals surface area contributed by atoms with Crippen molar-refractivity contribution in [1.29, 1.82) is 0 Å². The second-order valence-electron chi connectivity index (χ2n) is 6.92. The molecule has 0 aliphatic heterocycles. The van der Waals surface area contributed by atoms with Crippen molar-refractivity contribution in [3.05, 3.63) is 114 Å². The molecule has 0 bridgehead atoms. The standard InChI is InChI=1S/C25H19OP/c26-27(20-11-3-1-4-12-20,21-13-5-2-6-14-21)25-17-9-16-23-22-15-8-7-10-19(22)18-24(23)25/h1-17H,18H2. The van der Waals surface area contributed by atoms with Gasteiger partial charge in [0.15, 0.2) is 7.14 Å². The largest absolute Gasteiger partial charge is 0.309 e. The van der Waals surface area contributed by atoms with E-state index in [2.05, 4.69) is 42.5 Å². The molecular formula is C25H19OP. The van der Waals surface area contributed by atoms with E-state index in [9.17, 15) is 4.57 Å². The van der Waals surface area contributed by atoms with Gasteiger partial charge in [-0.3, -0.25) is 0 Å². The summed E-state index contributed by atoms with van der Waals surface area (Å²) in [6, 6.07) is 34.6. The van der Waals surface area contributed by atoms with Gasteiger partial charge in [0.05, 0.1) is 0 Å². The first-order chi connectivity index (χ1) is 13.3. The first-order valence-corrected chi connectivity index (χ1v) is 10.9. The van der Waals surface area contributed by atoms with Crippen molar-refractivity contribution in [3.63, 3.8) is 0 Å². The van der Waals surface area contributed by atoms with Crippen LogP contribution < -0.4 is 15.9 Å². The molecule has 130 valence electrons. The molecule has 1 aliphatic rings. The van der Waals surface area contributed by atoms with Gasteiger partial charge in [0, 0.05) is 15.9 Å². The summed E-state index contributed by atoms with van der Waals surface area (Å²) >= 11 is 0. The Labute approximate surface area is 159 Å². The van der Waals surface area contributed by atoms with Gasteiger partial charge in [-0.25, -0.2) is 0 Å². The Morgan fingerprint density at radius 1 is 0.556 bits per heavy atom. The zero-order valence-electron chi connectivity index (χ0n) is 14.9. The second kappa shape index (κ2) is 6.37. The fourth-order valence-corrected chi connectivity index (χ4v) is 7.05. The monoisotopic (exact) mass is 366 g/mol. The Hall–Kier alpha value is -2.89. The van der Waals surface area contributed by atoms with Crippen LogP contribution in [-0.2, 0) is 11.0 Å². The van der Waals surface area contributed by atoms with Crippen molar-refractivity contribution < 1.29 is 4.57 Å². The maximum atomic E-state index is 14.7. The maximum Gasteiger partial charge on any atom is 0.171 e. The summed E-state index contributed by atoms with van der Waals surface area (Å²) < 4.78 is 14.7. The summed E-state index contributed by atoms with van der Waals surface area (Å²) in [5, 5.41) is 2.75. The third-order valence-electron chi connectivity index (χ3n) is 5.40. The van der Waals surface area contributed by atoms with Crippen LogP contribution in [0.15, 0.2) is 103 Å². The molecule has 0 unspecified atom stereocenters. The molecule has 4 aromatic carbocycles. The minimum Gasteiger partial charge on any atom is -0.309 e. The summed E-state index contributed by atoms with van der Waals surface area (Å²) in [6.45, 7) is 0. The van der Waals surface area contributed by atoms with Crippen molar-refractivity contribution >= 4 is 23.1 Å². The predicted molar refractivity (Wildman–Crippen MR) is 114 cm³/mol. The fourth-order valence-electron chi connectivity index (χ4n) is 4.14. The molecule has 0 amide bonds. The van der Waals surface area contributed by atoms with Gasteiger partial charge in [0.2, 0.25) is 0 Å². The van der Waals surface area contributed by atoms with Crippen LogP contribution in [0.25, 0.3) is 11.1 Å². The highest BCUT2D eigenvalue weighted by molar-refractivity contribution is 7.85. The molecule has 1 nitrogen and oxygen atoms in total. The minimum absolute atomic E-state index is 0.839. The first kappa shape index (κ1) is 16.3. The zero-order chi connectivity index (χ0) is 18.3. The quantitative estimate of drug-likeness (QED) is 0.415. The van der Waals surface area contributed by atoms with E-state index >= 15 is 0 Å². The second-order valence-corrected chi connectivity index (χ2v) is 9.65. The molecule has 2 heteroatoms. The maximum absolute atomic E-state index is 14.7. The van der Waals surface area contributed by atoms with Gasteiger partial charge < -0.3 is 4.57 Å². The normalized spacial score (nSPS) is 12.4. The van der Waals surface area contributed by atoms with Gasteiger partial charge in [-0.15, -0.1) is 0 Å². The smallest absolute Gasteiger partial charge is 0.171 e. The Bertz CT molecular complexity index is 1120. The van der Waals surface area contributed by atoms with E-state index in [1.807, 2.05) is 60.7 Å². The number of rotatable bonds is 3. The van der Waals surface area contributed by atoms with Crippen molar-refractivity contribution in [2.75, 3.05) is 0 Å². The van der Waals surface area contributed by atoms with Crippen molar-refractivity contribution in [3.8, 4) is 11.1 Å². The highest BCUT2D eigenvalue weighted by Crippen LogP contribution is 2.47. The Morgan fingerprint density at radius 2 is 1.11 bits per heavy atom. The third kappa shape index (κ3) is 2.51. The molecule has 0 atom stereocenters. The van der Waals surface area contributed by atoms with Crippen LogP contribution in [0.3, 0.4) is 0 Å². The summed E-state index contributed by atoms with van der Waals surface area (Å²) in [5.74, 6) is 0. The average molecular weight is 366 g/mol. The van der Waals surface area contributed by atoms with Crippen LogP contribution in [0, 0.1) is 0 Å². The summed E-state index contributed by atoms with van der Waals surface area (Å²) in [4.78, 5) is 0. The molecule has 0 aromatic heterocycles. The molecule has 0 fully saturated rings. The van der Waals surface area contributed by atoms with Crippen LogP contribution in [0.4, 0.5) is 0 Å². The highest BCUT2D eigenvalue weighted by atomic mass is 31.2. The lowest BCUT2D eigenvalue weighted by molar-refractivity contribution is 0.592. The van der Waals surface area contributed by atoms with Crippen molar-refractivity contribution in [2.45, 2.75) is 6.42 Å². The topological polar surface area (TPSA) is 17.1 Å². The van der Waals surface area contributed by atoms with E-state index in [4.69, 9.17) is 0 Å². The van der Waals surface area contributed by atoms with Crippen LogP contribution in [0.2, 0.25) is 0 Å². The lowest BCUT2D eigenvalue weighted by Gasteiger charge is -2.22. The fraction of sp³-hybridized carbons (Fsp3) is 0.0400. The van der Waals surface area contributed by atoms with Gasteiger partial charge in [-0.05, 0) is 28.7 Å². The van der Waals surface area contributed by atoms with E-state index < -0.39 is 7.14 Å². The molecule has 27 heavy (non-hydrogen) atoms. The predicted octanol–water partition coefficient (Wildman–Crippen LogP) is 4.90. The number of hydrogen-bond donors (Lipinski definition) is 0. The van der Waals surface area contributed by atoms with E-state index in [1.165, 1.54) is 22.3 Å². The number of fused-ring (bicyclic) bond motifs is 3. The number of hydrogen-bond acceptors (Lipinski definition) is 1. The Morgan fingerprint density at radius 3 is 1.78 bits per heavy atom. The molecule has 0 saturated heterocycles. The van der Waals surface area contributed by atoms with Gasteiger partial charge in [0.1, 0.15) is 0 Å². The van der Waals surface area contributed by atoms with Gasteiger partial charge >= 0.3 is 0 Å². The minimum atomic E-state index is -2.95.